The lowest BCUT2D eigenvalue weighted by Gasteiger charge is -2.22. The summed E-state index contributed by atoms with van der Waals surface area (Å²) in [5.41, 5.74) is 3.10. The van der Waals surface area contributed by atoms with Gasteiger partial charge in [-0.1, -0.05) is 97.1 Å². The van der Waals surface area contributed by atoms with Crippen molar-refractivity contribution in [1.82, 2.24) is 9.97 Å². The normalized spacial score (nSPS) is 12.9. The fourth-order valence-electron chi connectivity index (χ4n) is 3.43. The summed E-state index contributed by atoms with van der Waals surface area (Å²) in [5, 5.41) is 13.4. The van der Waals surface area contributed by atoms with Gasteiger partial charge in [0.25, 0.3) is 5.91 Å². The van der Waals surface area contributed by atoms with Gasteiger partial charge in [-0.2, -0.15) is 0 Å². The molecule has 1 aromatic heterocycles. The van der Waals surface area contributed by atoms with Crippen LogP contribution in [0.15, 0.2) is 97.3 Å². The van der Waals surface area contributed by atoms with Crippen molar-refractivity contribution in [2.24, 2.45) is 0 Å². The molecule has 5 heteroatoms. The zero-order chi connectivity index (χ0) is 23.1. The number of carbonyl (C=O) groups is 1. The first-order chi connectivity index (χ1) is 16.0. The van der Waals surface area contributed by atoms with E-state index in [1.807, 2.05) is 72.8 Å². The zero-order valence-corrected chi connectivity index (χ0v) is 18.3. The monoisotopic (exact) mass is 435 g/mol. The number of benzene rings is 3. The highest BCUT2D eigenvalue weighted by molar-refractivity contribution is 5.96. The first-order valence-corrected chi connectivity index (χ1v) is 10.7. The lowest BCUT2D eigenvalue weighted by molar-refractivity contribution is -0.132. The van der Waals surface area contributed by atoms with Crippen LogP contribution in [0.1, 0.15) is 23.6 Å². The smallest absolute Gasteiger partial charge is 0.257 e. The van der Waals surface area contributed by atoms with Crippen LogP contribution in [-0.2, 0) is 11.2 Å². The molecule has 0 fully saturated rings. The molecule has 3 aromatic carbocycles. The fourth-order valence-corrected chi connectivity index (χ4v) is 3.43. The minimum Gasteiger partial charge on any atom is -0.380 e. The van der Waals surface area contributed by atoms with Crippen LogP contribution in [0.2, 0.25) is 0 Å². The van der Waals surface area contributed by atoms with Crippen LogP contribution < -0.4 is 5.32 Å². The fraction of sp³-hybridized carbons (Fsp3) is 0.107. The van der Waals surface area contributed by atoms with Crippen LogP contribution in [0.5, 0.6) is 0 Å². The molecule has 0 saturated heterocycles. The largest absolute Gasteiger partial charge is 0.380 e. The van der Waals surface area contributed by atoms with E-state index >= 15 is 0 Å². The molecule has 1 unspecified atom stereocenters. The van der Waals surface area contributed by atoms with E-state index < -0.39 is 11.5 Å². The number of rotatable bonds is 7. The Morgan fingerprint density at radius 1 is 0.879 bits per heavy atom. The number of aromatic nitrogens is 2. The van der Waals surface area contributed by atoms with Gasteiger partial charge in [-0.05, 0) is 23.6 Å². The molecule has 4 rings (SSSR count). The van der Waals surface area contributed by atoms with Crippen molar-refractivity contribution in [2.45, 2.75) is 18.9 Å². The molecule has 0 spiro atoms. The lowest BCUT2D eigenvalue weighted by Crippen LogP contribution is -2.42. The molecule has 164 valence electrons. The molecule has 0 aliphatic heterocycles. The summed E-state index contributed by atoms with van der Waals surface area (Å²) >= 11 is 0. The molecule has 4 aromatic rings. The second-order valence-corrected chi connectivity index (χ2v) is 8.04. The Morgan fingerprint density at radius 2 is 1.48 bits per heavy atom. The Balaban J connectivity index is 1.44. The van der Waals surface area contributed by atoms with Gasteiger partial charge in [-0.25, -0.2) is 9.97 Å². The van der Waals surface area contributed by atoms with Crippen molar-refractivity contribution in [2.75, 3.05) is 5.32 Å². The van der Waals surface area contributed by atoms with Crippen LogP contribution in [0.25, 0.3) is 23.4 Å². The second kappa shape index (κ2) is 10.0. The highest BCUT2D eigenvalue weighted by Gasteiger charge is 2.30. The molecule has 33 heavy (non-hydrogen) atoms. The van der Waals surface area contributed by atoms with Crippen molar-refractivity contribution < 1.29 is 9.90 Å². The van der Waals surface area contributed by atoms with Gasteiger partial charge >= 0.3 is 0 Å². The molecule has 2 N–H and O–H groups in total. The van der Waals surface area contributed by atoms with Gasteiger partial charge < -0.3 is 10.4 Å². The Bertz CT molecular complexity index is 1240. The van der Waals surface area contributed by atoms with Gasteiger partial charge in [0.2, 0.25) is 0 Å². The van der Waals surface area contributed by atoms with Crippen molar-refractivity contribution >= 4 is 23.9 Å². The zero-order valence-electron chi connectivity index (χ0n) is 18.3. The summed E-state index contributed by atoms with van der Waals surface area (Å²) in [7, 11) is 0. The van der Waals surface area contributed by atoms with E-state index in [2.05, 4.69) is 39.6 Å². The molecule has 5 nitrogen and oxygen atoms in total. The average Bonchev–Trinajstić information content (AvgIpc) is 2.84. The van der Waals surface area contributed by atoms with Crippen LogP contribution >= 0.6 is 0 Å². The molecular formula is C28H25N3O2. The Hall–Kier alpha value is -4.09. The van der Waals surface area contributed by atoms with E-state index in [4.69, 9.17) is 0 Å². The quantitative estimate of drug-likeness (QED) is 0.389. The molecule has 0 bridgehead atoms. The summed E-state index contributed by atoms with van der Waals surface area (Å²) in [6.45, 7) is 1.50. The van der Waals surface area contributed by atoms with Gasteiger partial charge in [0.1, 0.15) is 17.7 Å². The average molecular weight is 436 g/mol. The van der Waals surface area contributed by atoms with E-state index in [-0.39, 0.29) is 6.42 Å². The predicted molar refractivity (Wildman–Crippen MR) is 132 cm³/mol. The SMILES string of the molecule is CC(O)(Cc1ccccc1)C(=O)Nc1cc(-c2ccc(/C=C\c3ccccc3)cc2)ncn1. The number of hydrogen-bond acceptors (Lipinski definition) is 4. The maximum absolute atomic E-state index is 12.7. The third kappa shape index (κ3) is 5.99. The van der Waals surface area contributed by atoms with Gasteiger partial charge in [-0.15, -0.1) is 0 Å². The Kier molecular flexibility index (Phi) is 6.72. The highest BCUT2D eigenvalue weighted by atomic mass is 16.3. The summed E-state index contributed by atoms with van der Waals surface area (Å²) in [6.07, 6.45) is 5.73. The van der Waals surface area contributed by atoms with Crippen LogP contribution in [0.4, 0.5) is 5.82 Å². The standard InChI is InChI=1S/C28H25N3O2/c1-28(33,19-23-10-6-3-7-11-23)27(32)31-26-18-25(29-20-30-26)24-16-14-22(15-17-24)13-12-21-8-4-2-5-9-21/h2-18,20,33H,19H2,1H3,(H,29,30,31,32)/b13-12-. The topological polar surface area (TPSA) is 75.1 Å². The van der Waals surface area contributed by atoms with Crippen molar-refractivity contribution in [3.05, 3.63) is 114 Å². The number of anilines is 1. The summed E-state index contributed by atoms with van der Waals surface area (Å²) in [5.74, 6) is -0.177. The van der Waals surface area contributed by atoms with E-state index in [1.165, 1.54) is 13.3 Å². The highest BCUT2D eigenvalue weighted by Crippen LogP contribution is 2.21. The minimum atomic E-state index is -1.57. The third-order valence-electron chi connectivity index (χ3n) is 5.26. The molecule has 0 aliphatic carbocycles. The third-order valence-corrected chi connectivity index (χ3v) is 5.26. The molecule has 1 atom stereocenters. The maximum atomic E-state index is 12.7. The number of amides is 1. The predicted octanol–water partition coefficient (Wildman–Crippen LogP) is 5.25. The van der Waals surface area contributed by atoms with Gasteiger partial charge in [0, 0.05) is 18.1 Å². The summed E-state index contributed by atoms with van der Waals surface area (Å²) in [6, 6.07) is 29.2. The van der Waals surface area contributed by atoms with Gasteiger partial charge in [-0.3, -0.25) is 4.79 Å². The molecular weight excluding hydrogens is 410 g/mol. The lowest BCUT2D eigenvalue weighted by atomic mass is 9.95. The Morgan fingerprint density at radius 3 is 2.15 bits per heavy atom. The van der Waals surface area contributed by atoms with Crippen LogP contribution in [0.3, 0.4) is 0 Å². The first-order valence-electron chi connectivity index (χ1n) is 10.7. The summed E-state index contributed by atoms with van der Waals surface area (Å²) < 4.78 is 0. The van der Waals surface area contributed by atoms with E-state index in [0.29, 0.717) is 11.5 Å². The minimum absolute atomic E-state index is 0.204. The summed E-state index contributed by atoms with van der Waals surface area (Å²) in [4.78, 5) is 21.2. The van der Waals surface area contributed by atoms with Gasteiger partial charge in [0.05, 0.1) is 5.69 Å². The van der Waals surface area contributed by atoms with Crippen molar-refractivity contribution in [3.63, 3.8) is 0 Å². The number of hydrogen-bond donors (Lipinski definition) is 2. The molecule has 1 heterocycles. The number of nitrogens with one attached hydrogen (secondary N) is 1. The number of aliphatic hydroxyl groups is 1. The molecule has 1 amide bonds. The van der Waals surface area contributed by atoms with E-state index in [9.17, 15) is 9.90 Å². The molecule has 0 aliphatic rings. The number of nitrogens with zero attached hydrogens (tertiary/aromatic N) is 2. The Labute approximate surface area is 193 Å². The number of carbonyl (C=O) groups excluding carboxylic acids is 1. The van der Waals surface area contributed by atoms with Crippen LogP contribution in [-0.4, -0.2) is 26.6 Å². The van der Waals surface area contributed by atoms with E-state index in [1.54, 1.807) is 6.07 Å². The first kappa shape index (κ1) is 22.1. The van der Waals surface area contributed by atoms with Crippen molar-refractivity contribution in [1.29, 1.82) is 0 Å². The second-order valence-electron chi connectivity index (χ2n) is 8.04. The van der Waals surface area contributed by atoms with Gasteiger partial charge in [0.15, 0.2) is 0 Å². The molecule has 0 saturated carbocycles. The maximum Gasteiger partial charge on any atom is 0.257 e. The van der Waals surface area contributed by atoms with Crippen molar-refractivity contribution in [3.8, 4) is 11.3 Å². The van der Waals surface area contributed by atoms with E-state index in [0.717, 1.165) is 22.3 Å². The van der Waals surface area contributed by atoms with Crippen LogP contribution in [0, 0.1) is 0 Å². The molecule has 0 radical (unpaired) electrons.